The number of hydrogen-bond donors (Lipinski definition) is 1. The van der Waals surface area contributed by atoms with Gasteiger partial charge in [0, 0.05) is 50.1 Å². The zero-order valence-corrected chi connectivity index (χ0v) is 16.5. The van der Waals surface area contributed by atoms with Crippen LogP contribution in [0.2, 0.25) is 0 Å². The molecule has 6 nitrogen and oxygen atoms in total. The molecule has 0 bridgehead atoms. The Labute approximate surface area is 174 Å². The summed E-state index contributed by atoms with van der Waals surface area (Å²) in [7, 11) is 1.60. The first-order valence-electron chi connectivity index (χ1n) is 9.67. The number of nitrogens with zero attached hydrogens (tertiary/aromatic N) is 4. The van der Waals surface area contributed by atoms with Crippen molar-refractivity contribution in [1.82, 2.24) is 19.7 Å². The van der Waals surface area contributed by atoms with Gasteiger partial charge in [-0.2, -0.15) is 31.4 Å². The number of alkyl halides is 6. The number of hydrogen-bond acceptors (Lipinski definition) is 5. The van der Waals surface area contributed by atoms with Gasteiger partial charge in [0.2, 0.25) is 0 Å². The lowest BCUT2D eigenvalue weighted by Gasteiger charge is -2.19. The lowest BCUT2D eigenvalue weighted by molar-refractivity contribution is -0.143. The van der Waals surface area contributed by atoms with Gasteiger partial charge in [-0.1, -0.05) is 0 Å². The minimum Gasteiger partial charge on any atom is -0.383 e. The van der Waals surface area contributed by atoms with Crippen molar-refractivity contribution in [1.29, 1.82) is 0 Å². The SMILES string of the molecule is COCCN1C[C@@H]2[C@H](C1)[C@H]2c1cc(-c2cnc(N)c(C(F)(F)F)c2)nn1CC(F)(F)F. The molecule has 1 saturated heterocycles. The Morgan fingerprint density at radius 1 is 1.13 bits per heavy atom. The average molecular weight is 449 g/mol. The van der Waals surface area contributed by atoms with E-state index in [0.29, 0.717) is 12.3 Å². The number of nitrogen functional groups attached to an aromatic ring is 1. The Hall–Kier alpha value is -2.34. The van der Waals surface area contributed by atoms with E-state index in [1.807, 2.05) is 0 Å². The molecule has 2 aliphatic rings. The summed E-state index contributed by atoms with van der Waals surface area (Å²) in [5.74, 6) is -0.405. The van der Waals surface area contributed by atoms with Gasteiger partial charge in [-0.15, -0.1) is 0 Å². The molecule has 2 aromatic heterocycles. The van der Waals surface area contributed by atoms with Crippen LogP contribution in [0.4, 0.5) is 32.2 Å². The number of fused-ring (bicyclic) bond motifs is 1. The Bertz CT molecular complexity index is 944. The summed E-state index contributed by atoms with van der Waals surface area (Å²) in [6.45, 7) is 1.51. The fourth-order valence-corrected chi connectivity index (χ4v) is 4.43. The van der Waals surface area contributed by atoms with Gasteiger partial charge in [0.15, 0.2) is 0 Å². The molecule has 0 aromatic carbocycles. The second-order valence-electron chi connectivity index (χ2n) is 7.99. The van der Waals surface area contributed by atoms with Crippen LogP contribution in [-0.2, 0) is 17.5 Å². The Morgan fingerprint density at radius 2 is 1.81 bits per heavy atom. The maximum atomic E-state index is 13.2. The summed E-state index contributed by atoms with van der Waals surface area (Å²) >= 11 is 0. The second kappa shape index (κ2) is 7.66. The molecule has 2 fully saturated rings. The van der Waals surface area contributed by atoms with E-state index in [9.17, 15) is 26.3 Å². The van der Waals surface area contributed by atoms with E-state index in [1.54, 1.807) is 7.11 Å². The van der Waals surface area contributed by atoms with Crippen molar-refractivity contribution < 1.29 is 31.1 Å². The molecular weight excluding hydrogens is 428 g/mol. The maximum absolute atomic E-state index is 13.2. The van der Waals surface area contributed by atoms with Crippen LogP contribution in [0.3, 0.4) is 0 Å². The highest BCUT2D eigenvalue weighted by molar-refractivity contribution is 5.63. The third kappa shape index (κ3) is 4.49. The lowest BCUT2D eigenvalue weighted by atomic mass is 10.1. The molecule has 3 heterocycles. The standard InChI is InChI=1S/C19H21F6N5O/c1-31-3-2-29-7-11-12(8-29)16(11)15-5-14(28-30(15)9-18(20,21)22)10-4-13(19(23,24)25)17(26)27-6-10/h4-6,11-12,16H,2-3,7-9H2,1H3,(H2,26,27)/t11-,12+,16+. The third-order valence-electron chi connectivity index (χ3n) is 5.88. The molecule has 3 atom stereocenters. The van der Waals surface area contributed by atoms with Crippen LogP contribution in [0.1, 0.15) is 17.2 Å². The fourth-order valence-electron chi connectivity index (χ4n) is 4.43. The highest BCUT2D eigenvalue weighted by atomic mass is 19.4. The van der Waals surface area contributed by atoms with E-state index < -0.39 is 30.3 Å². The van der Waals surface area contributed by atoms with Gasteiger partial charge in [0.25, 0.3) is 0 Å². The number of halogens is 6. The van der Waals surface area contributed by atoms with Crippen molar-refractivity contribution in [2.75, 3.05) is 39.1 Å². The van der Waals surface area contributed by atoms with Crippen molar-refractivity contribution in [3.05, 3.63) is 29.6 Å². The first-order valence-corrected chi connectivity index (χ1v) is 9.67. The molecule has 170 valence electrons. The summed E-state index contributed by atoms with van der Waals surface area (Å²) in [5, 5.41) is 3.99. The van der Waals surface area contributed by atoms with Gasteiger partial charge in [-0.25, -0.2) is 4.98 Å². The molecule has 31 heavy (non-hydrogen) atoms. The molecule has 1 aliphatic heterocycles. The normalized spacial score (nSPS) is 23.9. The molecule has 4 rings (SSSR count). The van der Waals surface area contributed by atoms with Crippen molar-refractivity contribution >= 4 is 5.82 Å². The van der Waals surface area contributed by atoms with Crippen LogP contribution in [0.25, 0.3) is 11.3 Å². The van der Waals surface area contributed by atoms with E-state index in [2.05, 4.69) is 15.0 Å². The molecular formula is C19H21F6N5O. The van der Waals surface area contributed by atoms with E-state index in [-0.39, 0.29) is 29.0 Å². The smallest absolute Gasteiger partial charge is 0.383 e. The number of ether oxygens (including phenoxy) is 1. The van der Waals surface area contributed by atoms with Gasteiger partial charge in [-0.3, -0.25) is 4.68 Å². The molecule has 12 heteroatoms. The zero-order chi connectivity index (χ0) is 22.6. The first-order chi connectivity index (χ1) is 14.5. The number of pyridine rings is 1. The van der Waals surface area contributed by atoms with Crippen LogP contribution in [-0.4, -0.2) is 59.2 Å². The number of methoxy groups -OCH3 is 1. The molecule has 2 N–H and O–H groups in total. The minimum atomic E-state index is -4.73. The molecule has 2 aromatic rings. The summed E-state index contributed by atoms with van der Waals surface area (Å²) in [6.07, 6.45) is -8.15. The molecule has 0 radical (unpaired) electrons. The molecule has 0 unspecified atom stereocenters. The monoisotopic (exact) mass is 449 g/mol. The van der Waals surface area contributed by atoms with Crippen LogP contribution in [0, 0.1) is 11.8 Å². The number of piperidine rings is 1. The third-order valence-corrected chi connectivity index (χ3v) is 5.88. The van der Waals surface area contributed by atoms with E-state index in [1.165, 1.54) is 6.07 Å². The van der Waals surface area contributed by atoms with Crippen molar-refractivity contribution in [3.8, 4) is 11.3 Å². The van der Waals surface area contributed by atoms with Gasteiger partial charge in [0.1, 0.15) is 12.4 Å². The van der Waals surface area contributed by atoms with Crippen molar-refractivity contribution in [2.24, 2.45) is 11.8 Å². The largest absolute Gasteiger partial charge is 0.419 e. The number of aromatic nitrogens is 3. The highest BCUT2D eigenvalue weighted by Gasteiger charge is 2.57. The summed E-state index contributed by atoms with van der Waals surface area (Å²) in [4.78, 5) is 5.75. The van der Waals surface area contributed by atoms with E-state index >= 15 is 0 Å². The summed E-state index contributed by atoms with van der Waals surface area (Å²) in [5.41, 5.74) is 4.55. The van der Waals surface area contributed by atoms with E-state index in [0.717, 1.165) is 36.6 Å². The summed E-state index contributed by atoms with van der Waals surface area (Å²) in [6, 6.07) is 2.22. The molecule has 1 aliphatic carbocycles. The average Bonchev–Trinajstić information content (AvgIpc) is 3.00. The Kier molecular flexibility index (Phi) is 5.41. The Balaban J connectivity index is 1.62. The number of likely N-dealkylation sites (tertiary alicyclic amines) is 1. The fraction of sp³-hybridized carbons (Fsp3) is 0.579. The lowest BCUT2D eigenvalue weighted by Crippen LogP contribution is -2.28. The molecule has 0 amide bonds. The van der Waals surface area contributed by atoms with Crippen LogP contribution in [0.5, 0.6) is 0 Å². The maximum Gasteiger partial charge on any atom is 0.419 e. The first kappa shape index (κ1) is 21.9. The van der Waals surface area contributed by atoms with E-state index in [4.69, 9.17) is 10.5 Å². The zero-order valence-electron chi connectivity index (χ0n) is 16.5. The topological polar surface area (TPSA) is 69.2 Å². The van der Waals surface area contributed by atoms with Gasteiger partial charge < -0.3 is 15.4 Å². The number of anilines is 1. The van der Waals surface area contributed by atoms with Crippen LogP contribution < -0.4 is 5.73 Å². The minimum absolute atomic E-state index is 0.0125. The quantitative estimate of drug-likeness (QED) is 0.685. The summed E-state index contributed by atoms with van der Waals surface area (Å²) < 4.78 is 84.8. The van der Waals surface area contributed by atoms with Crippen LogP contribution in [0.15, 0.2) is 18.3 Å². The highest BCUT2D eigenvalue weighted by Crippen LogP contribution is 2.58. The Morgan fingerprint density at radius 3 is 2.39 bits per heavy atom. The van der Waals surface area contributed by atoms with Gasteiger partial charge in [-0.05, 0) is 24.0 Å². The second-order valence-corrected chi connectivity index (χ2v) is 7.99. The predicted molar refractivity (Wildman–Crippen MR) is 99.0 cm³/mol. The van der Waals surface area contributed by atoms with Crippen LogP contribution >= 0.6 is 0 Å². The van der Waals surface area contributed by atoms with Gasteiger partial charge in [0.05, 0.1) is 17.9 Å². The predicted octanol–water partition coefficient (Wildman–Crippen LogP) is 3.40. The number of nitrogens with two attached hydrogens (primary N) is 1. The van der Waals surface area contributed by atoms with Crippen molar-refractivity contribution in [2.45, 2.75) is 24.8 Å². The van der Waals surface area contributed by atoms with Gasteiger partial charge >= 0.3 is 12.4 Å². The van der Waals surface area contributed by atoms with Crippen molar-refractivity contribution in [3.63, 3.8) is 0 Å². The molecule has 0 spiro atoms. The number of rotatable bonds is 6. The molecule has 1 saturated carbocycles.